The van der Waals surface area contributed by atoms with Gasteiger partial charge in [0.25, 0.3) is 5.82 Å². The molecule has 0 saturated heterocycles. The number of rotatable bonds is 1. The van der Waals surface area contributed by atoms with E-state index in [0.717, 1.165) is 5.52 Å². The molecule has 13 heavy (non-hydrogen) atoms. The van der Waals surface area contributed by atoms with Gasteiger partial charge in [0.2, 0.25) is 0 Å². The lowest BCUT2D eigenvalue weighted by molar-refractivity contribution is -0.430. The molecular formula is C8H8N3O2+. The molecule has 5 nitrogen and oxygen atoms in total. The lowest BCUT2D eigenvalue weighted by Gasteiger charge is -1.91. The number of anilines is 1. The minimum absolute atomic E-state index is 0.229. The molecule has 0 radical (unpaired) electrons. The molecule has 5 N–H and O–H groups in total. The Morgan fingerprint density at radius 2 is 2.31 bits per heavy atom. The van der Waals surface area contributed by atoms with Gasteiger partial charge in [0.1, 0.15) is 0 Å². The summed E-state index contributed by atoms with van der Waals surface area (Å²) in [4.78, 5) is 10.6. The molecule has 0 bridgehead atoms. The van der Waals surface area contributed by atoms with Crippen molar-refractivity contribution in [1.29, 1.82) is 0 Å². The van der Waals surface area contributed by atoms with Gasteiger partial charge in [0.15, 0.2) is 0 Å². The van der Waals surface area contributed by atoms with E-state index in [0.29, 0.717) is 11.2 Å². The summed E-state index contributed by atoms with van der Waals surface area (Å²) in [6.07, 6.45) is 0. The second kappa shape index (κ2) is 2.48. The molecule has 0 fully saturated rings. The Hall–Kier alpha value is -2.04. The van der Waals surface area contributed by atoms with E-state index >= 15 is 0 Å². The Balaban J connectivity index is 2.72. The summed E-state index contributed by atoms with van der Waals surface area (Å²) >= 11 is 0. The maximum absolute atomic E-state index is 10.6. The average Bonchev–Trinajstić information content (AvgIpc) is 2.47. The summed E-state index contributed by atoms with van der Waals surface area (Å²) in [6, 6.07) is 4.72. The van der Waals surface area contributed by atoms with E-state index in [2.05, 4.69) is 10.2 Å². The van der Waals surface area contributed by atoms with Crippen molar-refractivity contribution in [3.05, 3.63) is 23.8 Å². The summed E-state index contributed by atoms with van der Waals surface area (Å²) < 4.78 is 0. The standard InChI is InChI=1S/C8H7N3O2/c9-7-5-3-4(8(12)13)1-2-6(5)10-11-7/h1-3H,(H,12,13)(H3,9,10,11)/p+1. The van der Waals surface area contributed by atoms with Crippen LogP contribution in [-0.2, 0) is 0 Å². The molecule has 1 aromatic carbocycles. The fourth-order valence-electron chi connectivity index (χ4n) is 1.21. The minimum Gasteiger partial charge on any atom is -0.478 e. The third-order valence-corrected chi connectivity index (χ3v) is 1.89. The molecular weight excluding hydrogens is 170 g/mol. The summed E-state index contributed by atoms with van der Waals surface area (Å²) in [5.41, 5.74) is 6.59. The fraction of sp³-hybridized carbons (Fsp3) is 0. The number of hydrogen-bond donors (Lipinski definition) is 3. The average molecular weight is 178 g/mol. The number of nitrogens with one attached hydrogen (secondary N) is 2. The van der Waals surface area contributed by atoms with Gasteiger partial charge < -0.3 is 5.11 Å². The van der Waals surface area contributed by atoms with E-state index in [9.17, 15) is 4.79 Å². The number of carboxylic acids is 1. The van der Waals surface area contributed by atoms with E-state index < -0.39 is 5.97 Å². The summed E-state index contributed by atoms with van der Waals surface area (Å²) in [5.74, 6) is -0.513. The molecule has 2 aromatic rings. The molecule has 0 aliphatic heterocycles. The number of hydrogen-bond acceptors (Lipinski definition) is 2. The molecule has 0 spiro atoms. The van der Waals surface area contributed by atoms with Gasteiger partial charge in [-0.3, -0.25) is 5.73 Å². The van der Waals surface area contributed by atoms with Crippen LogP contribution in [0.5, 0.6) is 0 Å². The maximum Gasteiger partial charge on any atom is 0.335 e. The van der Waals surface area contributed by atoms with E-state index in [1.807, 2.05) is 0 Å². The van der Waals surface area contributed by atoms with Crippen molar-refractivity contribution in [1.82, 2.24) is 5.10 Å². The summed E-state index contributed by atoms with van der Waals surface area (Å²) in [6.45, 7) is 0. The molecule has 5 heteroatoms. The first kappa shape index (κ1) is 7.60. The molecule has 0 amide bonds. The van der Waals surface area contributed by atoms with Crippen molar-refractivity contribution >= 4 is 22.7 Å². The van der Waals surface area contributed by atoms with Crippen LogP contribution >= 0.6 is 0 Å². The van der Waals surface area contributed by atoms with Crippen molar-refractivity contribution in [3.63, 3.8) is 0 Å². The maximum atomic E-state index is 10.6. The zero-order valence-corrected chi connectivity index (χ0v) is 6.66. The van der Waals surface area contributed by atoms with Gasteiger partial charge in [-0.2, -0.15) is 5.10 Å². The van der Waals surface area contributed by atoms with Crippen LogP contribution in [0.3, 0.4) is 0 Å². The third-order valence-electron chi connectivity index (χ3n) is 1.89. The number of benzene rings is 1. The molecule has 2 rings (SSSR count). The van der Waals surface area contributed by atoms with E-state index in [1.54, 1.807) is 6.07 Å². The SMILES string of the molecule is Nc1[nH+][nH]c2ccc(C(=O)O)cc12. The lowest BCUT2D eigenvalue weighted by atomic mass is 10.1. The number of aromatic carboxylic acids is 1. The van der Waals surface area contributed by atoms with Gasteiger partial charge in [-0.25, -0.2) is 9.89 Å². The van der Waals surface area contributed by atoms with Gasteiger partial charge in [-0.05, 0) is 18.2 Å². The Labute approximate surface area is 73.2 Å². The fourth-order valence-corrected chi connectivity index (χ4v) is 1.21. The van der Waals surface area contributed by atoms with Crippen LogP contribution in [0.1, 0.15) is 10.4 Å². The van der Waals surface area contributed by atoms with Gasteiger partial charge in [0, 0.05) is 0 Å². The Morgan fingerprint density at radius 1 is 1.54 bits per heavy atom. The first-order valence-corrected chi connectivity index (χ1v) is 3.70. The highest BCUT2D eigenvalue weighted by atomic mass is 16.4. The number of fused-ring (bicyclic) bond motifs is 1. The predicted octanol–water partition coefficient (Wildman–Crippen LogP) is 0.262. The first-order chi connectivity index (χ1) is 6.18. The zero-order valence-electron chi connectivity index (χ0n) is 6.66. The second-order valence-electron chi connectivity index (χ2n) is 2.73. The Bertz CT molecular complexity index is 475. The molecule has 0 unspecified atom stereocenters. The molecule has 1 aromatic heterocycles. The van der Waals surface area contributed by atoms with Gasteiger partial charge in [-0.1, -0.05) is 0 Å². The number of nitrogen functional groups attached to an aromatic ring is 1. The van der Waals surface area contributed by atoms with Gasteiger partial charge >= 0.3 is 5.97 Å². The second-order valence-corrected chi connectivity index (χ2v) is 2.73. The van der Waals surface area contributed by atoms with Crippen LogP contribution < -0.4 is 10.8 Å². The van der Waals surface area contributed by atoms with Crippen LogP contribution in [0.2, 0.25) is 0 Å². The monoisotopic (exact) mass is 178 g/mol. The van der Waals surface area contributed by atoms with E-state index in [4.69, 9.17) is 10.8 Å². The van der Waals surface area contributed by atoms with Crippen LogP contribution in [0.4, 0.5) is 5.82 Å². The number of carboxylic acid groups (broad SMARTS) is 1. The van der Waals surface area contributed by atoms with Gasteiger partial charge in [-0.15, -0.1) is 0 Å². The topological polar surface area (TPSA) is 93.2 Å². The molecule has 0 aliphatic rings. The molecule has 66 valence electrons. The Kier molecular flexibility index (Phi) is 1.45. The van der Waals surface area contributed by atoms with Crippen molar-refractivity contribution < 1.29 is 15.0 Å². The van der Waals surface area contributed by atoms with Crippen molar-refractivity contribution in [3.8, 4) is 0 Å². The zero-order chi connectivity index (χ0) is 9.42. The number of nitrogens with two attached hydrogens (primary N) is 1. The highest BCUT2D eigenvalue weighted by Crippen LogP contribution is 2.16. The van der Waals surface area contributed by atoms with Crippen molar-refractivity contribution in [2.75, 3.05) is 5.73 Å². The first-order valence-electron chi connectivity index (χ1n) is 3.70. The van der Waals surface area contributed by atoms with Crippen LogP contribution in [0.15, 0.2) is 18.2 Å². The largest absolute Gasteiger partial charge is 0.478 e. The molecule has 0 aliphatic carbocycles. The van der Waals surface area contributed by atoms with Crippen molar-refractivity contribution in [2.24, 2.45) is 0 Å². The van der Waals surface area contributed by atoms with E-state index in [-0.39, 0.29) is 5.56 Å². The molecule has 0 atom stereocenters. The van der Waals surface area contributed by atoms with Crippen molar-refractivity contribution in [2.45, 2.75) is 0 Å². The summed E-state index contributed by atoms with van der Waals surface area (Å²) in [5, 5.41) is 14.9. The smallest absolute Gasteiger partial charge is 0.335 e. The van der Waals surface area contributed by atoms with Crippen LogP contribution in [0.25, 0.3) is 10.9 Å². The van der Waals surface area contributed by atoms with Crippen LogP contribution in [-0.4, -0.2) is 16.2 Å². The summed E-state index contributed by atoms with van der Waals surface area (Å²) in [7, 11) is 0. The lowest BCUT2D eigenvalue weighted by Crippen LogP contribution is -2.06. The number of aromatic nitrogens is 2. The van der Waals surface area contributed by atoms with Crippen LogP contribution in [0, 0.1) is 0 Å². The third kappa shape index (κ3) is 1.10. The normalized spacial score (nSPS) is 10.5. The molecule has 1 heterocycles. The highest BCUT2D eigenvalue weighted by molar-refractivity contribution is 5.95. The number of carbonyl (C=O) groups is 1. The molecule has 0 saturated carbocycles. The quantitative estimate of drug-likeness (QED) is 0.584. The predicted molar refractivity (Wildman–Crippen MR) is 46.2 cm³/mol. The highest BCUT2D eigenvalue weighted by Gasteiger charge is 2.09. The minimum atomic E-state index is -0.956. The van der Waals surface area contributed by atoms with E-state index in [1.165, 1.54) is 12.1 Å². The number of H-pyrrole nitrogens is 2. The number of aromatic amines is 2. The van der Waals surface area contributed by atoms with Gasteiger partial charge in [0.05, 0.1) is 16.5 Å². The Morgan fingerprint density at radius 3 is 3.00 bits per heavy atom.